The Labute approximate surface area is 105 Å². The third-order valence-corrected chi connectivity index (χ3v) is 2.95. The minimum absolute atomic E-state index is 0.319. The predicted molar refractivity (Wildman–Crippen MR) is 64.2 cm³/mol. The Bertz CT molecular complexity index is 392. The average molecular weight is 261 g/mol. The van der Waals surface area contributed by atoms with E-state index in [-0.39, 0.29) is 0 Å². The third kappa shape index (κ3) is 3.99. The molecule has 0 aliphatic heterocycles. The van der Waals surface area contributed by atoms with Gasteiger partial charge in [0.25, 0.3) is 0 Å². The van der Waals surface area contributed by atoms with Crippen LogP contribution in [0, 0.1) is 0 Å². The largest absolute Gasteiger partial charge is 0.416 e. The molecule has 0 aliphatic carbocycles. The summed E-state index contributed by atoms with van der Waals surface area (Å²) >= 11 is 0. The van der Waals surface area contributed by atoms with Gasteiger partial charge in [0.1, 0.15) is 0 Å². The number of hydrogen-bond donors (Lipinski definition) is 1. The van der Waals surface area contributed by atoms with E-state index in [0.29, 0.717) is 25.0 Å². The van der Waals surface area contributed by atoms with Gasteiger partial charge >= 0.3 is 6.18 Å². The number of rotatable bonds is 5. The van der Waals surface area contributed by atoms with Gasteiger partial charge in [0.2, 0.25) is 0 Å². The topological polar surface area (TPSA) is 35.2 Å². The van der Waals surface area contributed by atoms with Gasteiger partial charge in [-0.2, -0.15) is 13.2 Å². The van der Waals surface area contributed by atoms with Gasteiger partial charge in [-0.25, -0.2) is 0 Å². The van der Waals surface area contributed by atoms with E-state index in [1.54, 1.807) is 6.07 Å². The Morgan fingerprint density at radius 1 is 1.28 bits per heavy atom. The molecular formula is C13H18F3NO. The summed E-state index contributed by atoms with van der Waals surface area (Å²) in [4.78, 5) is 0. The molecule has 2 nitrogen and oxygen atoms in total. The van der Waals surface area contributed by atoms with Gasteiger partial charge in [-0.1, -0.05) is 25.1 Å². The normalized spacial score (nSPS) is 15.4. The molecule has 1 aromatic rings. The van der Waals surface area contributed by atoms with Crippen molar-refractivity contribution in [1.82, 2.24) is 0 Å². The average Bonchev–Trinajstić information content (AvgIpc) is 2.28. The van der Waals surface area contributed by atoms with E-state index in [1.165, 1.54) is 13.2 Å². The standard InChI is InChI=1S/C13H18F3NO/c1-3-12(17,9-18-2)8-10-5-4-6-11(7-10)13(14,15)16/h4-7H,3,8-9,17H2,1-2H3. The van der Waals surface area contributed by atoms with E-state index < -0.39 is 17.3 Å². The van der Waals surface area contributed by atoms with Crippen molar-refractivity contribution in [3.63, 3.8) is 0 Å². The summed E-state index contributed by atoms with van der Waals surface area (Å²) in [5, 5.41) is 0. The van der Waals surface area contributed by atoms with Gasteiger partial charge in [-0.15, -0.1) is 0 Å². The lowest BCUT2D eigenvalue weighted by molar-refractivity contribution is -0.137. The molecule has 0 amide bonds. The fourth-order valence-corrected chi connectivity index (χ4v) is 1.83. The van der Waals surface area contributed by atoms with Crippen LogP contribution in [0.4, 0.5) is 13.2 Å². The first-order valence-electron chi connectivity index (χ1n) is 5.75. The molecule has 0 fully saturated rings. The van der Waals surface area contributed by atoms with Crippen molar-refractivity contribution in [1.29, 1.82) is 0 Å². The quantitative estimate of drug-likeness (QED) is 0.884. The van der Waals surface area contributed by atoms with Crippen molar-refractivity contribution in [3.8, 4) is 0 Å². The van der Waals surface area contributed by atoms with Gasteiger partial charge < -0.3 is 10.5 Å². The van der Waals surface area contributed by atoms with Crippen LogP contribution in [0.15, 0.2) is 24.3 Å². The highest BCUT2D eigenvalue weighted by Crippen LogP contribution is 2.30. The van der Waals surface area contributed by atoms with Gasteiger partial charge in [-0.05, 0) is 24.5 Å². The molecule has 102 valence electrons. The number of nitrogens with two attached hydrogens (primary N) is 1. The summed E-state index contributed by atoms with van der Waals surface area (Å²) in [7, 11) is 1.53. The molecule has 1 atom stereocenters. The van der Waals surface area contributed by atoms with Crippen molar-refractivity contribution in [2.24, 2.45) is 5.73 Å². The SMILES string of the molecule is CCC(N)(COC)Cc1cccc(C(F)(F)F)c1. The molecule has 0 radical (unpaired) electrons. The summed E-state index contributed by atoms with van der Waals surface area (Å²) in [5.74, 6) is 0. The molecule has 0 aliphatic rings. The van der Waals surface area contributed by atoms with E-state index in [4.69, 9.17) is 10.5 Å². The Morgan fingerprint density at radius 3 is 2.44 bits per heavy atom. The molecule has 0 saturated heterocycles. The molecule has 18 heavy (non-hydrogen) atoms. The van der Waals surface area contributed by atoms with E-state index in [0.717, 1.165) is 12.1 Å². The van der Waals surface area contributed by atoms with Crippen LogP contribution in [-0.4, -0.2) is 19.3 Å². The van der Waals surface area contributed by atoms with Crippen molar-refractivity contribution in [2.45, 2.75) is 31.5 Å². The van der Waals surface area contributed by atoms with Crippen molar-refractivity contribution in [2.75, 3.05) is 13.7 Å². The van der Waals surface area contributed by atoms with Crippen LogP contribution in [-0.2, 0) is 17.3 Å². The Balaban J connectivity index is 2.91. The Kier molecular flexibility index (Phi) is 4.76. The van der Waals surface area contributed by atoms with Gasteiger partial charge in [0.05, 0.1) is 12.2 Å². The Morgan fingerprint density at radius 2 is 1.94 bits per heavy atom. The number of alkyl halides is 3. The molecular weight excluding hydrogens is 243 g/mol. The molecule has 0 aromatic heterocycles. The van der Waals surface area contributed by atoms with Crippen molar-refractivity contribution >= 4 is 0 Å². The summed E-state index contributed by atoms with van der Waals surface area (Å²) < 4.78 is 42.7. The first-order chi connectivity index (χ1) is 8.30. The van der Waals surface area contributed by atoms with Gasteiger partial charge in [0.15, 0.2) is 0 Å². The third-order valence-electron chi connectivity index (χ3n) is 2.95. The lowest BCUT2D eigenvalue weighted by Crippen LogP contribution is -2.45. The van der Waals surface area contributed by atoms with Crippen LogP contribution >= 0.6 is 0 Å². The maximum absolute atomic E-state index is 12.6. The van der Waals surface area contributed by atoms with Crippen molar-refractivity contribution < 1.29 is 17.9 Å². The second-order valence-electron chi connectivity index (χ2n) is 4.52. The first kappa shape index (κ1) is 15.0. The second-order valence-corrected chi connectivity index (χ2v) is 4.52. The molecule has 1 unspecified atom stereocenters. The molecule has 0 heterocycles. The van der Waals surface area contributed by atoms with Crippen molar-refractivity contribution in [3.05, 3.63) is 35.4 Å². The minimum Gasteiger partial charge on any atom is -0.383 e. The molecule has 1 rings (SSSR count). The molecule has 0 bridgehead atoms. The molecule has 0 spiro atoms. The van der Waals surface area contributed by atoms with Gasteiger partial charge in [-0.3, -0.25) is 0 Å². The number of methoxy groups -OCH3 is 1. The second kappa shape index (κ2) is 5.71. The highest BCUT2D eigenvalue weighted by atomic mass is 19.4. The van der Waals surface area contributed by atoms with Crippen LogP contribution < -0.4 is 5.73 Å². The summed E-state index contributed by atoms with van der Waals surface area (Å²) in [6.07, 6.45) is -3.32. The van der Waals surface area contributed by atoms with Crippen LogP contribution in [0.1, 0.15) is 24.5 Å². The minimum atomic E-state index is -4.32. The lowest BCUT2D eigenvalue weighted by Gasteiger charge is -2.27. The van der Waals surface area contributed by atoms with E-state index in [9.17, 15) is 13.2 Å². The van der Waals surface area contributed by atoms with E-state index in [2.05, 4.69) is 0 Å². The zero-order valence-corrected chi connectivity index (χ0v) is 10.6. The Hall–Kier alpha value is -1.07. The van der Waals surface area contributed by atoms with Crippen LogP contribution in [0.25, 0.3) is 0 Å². The summed E-state index contributed by atoms with van der Waals surface area (Å²) in [6.45, 7) is 2.21. The first-order valence-corrected chi connectivity index (χ1v) is 5.75. The molecule has 2 N–H and O–H groups in total. The van der Waals surface area contributed by atoms with Crippen LogP contribution in [0.2, 0.25) is 0 Å². The molecule has 0 saturated carbocycles. The highest BCUT2D eigenvalue weighted by molar-refractivity contribution is 5.27. The maximum atomic E-state index is 12.6. The fraction of sp³-hybridized carbons (Fsp3) is 0.538. The number of hydrogen-bond acceptors (Lipinski definition) is 2. The van der Waals surface area contributed by atoms with Crippen LogP contribution in [0.5, 0.6) is 0 Å². The molecule has 5 heteroatoms. The zero-order valence-electron chi connectivity index (χ0n) is 10.6. The smallest absolute Gasteiger partial charge is 0.383 e. The predicted octanol–water partition coefficient (Wildman–Crippen LogP) is 3.00. The molecule has 1 aromatic carbocycles. The number of benzene rings is 1. The number of ether oxygens (including phenoxy) is 1. The fourth-order valence-electron chi connectivity index (χ4n) is 1.83. The maximum Gasteiger partial charge on any atom is 0.416 e. The monoisotopic (exact) mass is 261 g/mol. The summed E-state index contributed by atoms with van der Waals surface area (Å²) in [5.41, 5.74) is 5.40. The summed E-state index contributed by atoms with van der Waals surface area (Å²) in [6, 6.07) is 5.26. The lowest BCUT2D eigenvalue weighted by atomic mass is 9.89. The van der Waals surface area contributed by atoms with Gasteiger partial charge in [0, 0.05) is 12.6 Å². The number of halogens is 3. The van der Waals surface area contributed by atoms with E-state index >= 15 is 0 Å². The van der Waals surface area contributed by atoms with E-state index in [1.807, 2.05) is 6.92 Å². The zero-order chi connectivity index (χ0) is 13.8. The highest BCUT2D eigenvalue weighted by Gasteiger charge is 2.31. The van der Waals surface area contributed by atoms with Crippen LogP contribution in [0.3, 0.4) is 0 Å².